The average molecular weight is 445 g/mol. The van der Waals surface area contributed by atoms with Gasteiger partial charge in [-0.1, -0.05) is 12.1 Å². The molecular formula is C23H32N4O5. The number of nitrogens with zero attached hydrogens (tertiary/aromatic N) is 4. The summed E-state index contributed by atoms with van der Waals surface area (Å²) in [7, 11) is 3.48. The Bertz CT molecular complexity index is 958. The van der Waals surface area contributed by atoms with Crippen LogP contribution in [0.15, 0.2) is 18.2 Å². The topological polar surface area (TPSA) is 107 Å². The van der Waals surface area contributed by atoms with E-state index in [-0.39, 0.29) is 24.7 Å². The number of aromatic nitrogens is 3. The molecule has 32 heavy (non-hydrogen) atoms. The first kappa shape index (κ1) is 23.6. The smallest absolute Gasteiger partial charge is 0.409 e. The van der Waals surface area contributed by atoms with E-state index in [1.54, 1.807) is 23.7 Å². The summed E-state index contributed by atoms with van der Waals surface area (Å²) in [6.07, 6.45) is 3.33. The zero-order valence-corrected chi connectivity index (χ0v) is 19.2. The molecule has 9 nitrogen and oxygen atoms in total. The highest BCUT2D eigenvalue weighted by atomic mass is 16.6. The largest absolute Gasteiger partial charge is 0.490 e. The zero-order chi connectivity index (χ0) is 23.3. The number of carbonyl (C=O) groups is 2. The molecule has 0 aliphatic heterocycles. The Balaban J connectivity index is 1.71. The Morgan fingerprint density at radius 2 is 2.09 bits per heavy atom. The molecule has 0 radical (unpaired) electrons. The van der Waals surface area contributed by atoms with E-state index in [1.165, 1.54) is 0 Å². The summed E-state index contributed by atoms with van der Waals surface area (Å²) in [6.45, 7) is 4.65. The Labute approximate surface area is 188 Å². The molecule has 1 aromatic carbocycles. The monoisotopic (exact) mass is 444 g/mol. The van der Waals surface area contributed by atoms with Crippen LogP contribution in [-0.4, -0.2) is 56.8 Å². The van der Waals surface area contributed by atoms with Gasteiger partial charge < -0.3 is 19.5 Å². The molecule has 1 fully saturated rings. The lowest BCUT2D eigenvalue weighted by atomic mass is 9.87. The van der Waals surface area contributed by atoms with E-state index in [9.17, 15) is 14.7 Å². The Kier molecular flexibility index (Phi) is 7.71. The summed E-state index contributed by atoms with van der Waals surface area (Å²) < 4.78 is 13.2. The number of rotatable bonds is 8. The summed E-state index contributed by atoms with van der Waals surface area (Å²) in [6, 6.07) is 5.75. The Morgan fingerprint density at radius 1 is 1.31 bits per heavy atom. The van der Waals surface area contributed by atoms with Gasteiger partial charge in [-0.15, -0.1) is 5.10 Å². The summed E-state index contributed by atoms with van der Waals surface area (Å²) in [4.78, 5) is 25.0. The van der Waals surface area contributed by atoms with Gasteiger partial charge in [-0.2, -0.15) is 0 Å². The summed E-state index contributed by atoms with van der Waals surface area (Å²) in [5.41, 5.74) is 3.13. The minimum atomic E-state index is -0.748. The van der Waals surface area contributed by atoms with Crippen LogP contribution in [0, 0.1) is 12.8 Å². The van der Waals surface area contributed by atoms with Gasteiger partial charge >= 0.3 is 12.1 Å². The number of carbonyl (C=O) groups excluding carboxylic acids is 1. The number of carboxylic acids is 1. The van der Waals surface area contributed by atoms with Crippen molar-refractivity contribution in [2.75, 3.05) is 13.6 Å². The molecule has 1 aliphatic carbocycles. The minimum absolute atomic E-state index is 0.0711. The predicted octanol–water partition coefficient (Wildman–Crippen LogP) is 3.79. The number of carboxylic acid groups (broad SMARTS) is 1. The van der Waals surface area contributed by atoms with Crippen molar-refractivity contribution in [3.63, 3.8) is 0 Å². The SMILES string of the molecule is CCCN(C)C(=O)OCc1c(-c2ccc(O[C@H]3CCC[C@H](C(=O)O)C3)c(C)c2)nnn1C. The van der Waals surface area contributed by atoms with Crippen molar-refractivity contribution >= 4 is 12.1 Å². The molecule has 1 aliphatic rings. The number of aliphatic carboxylic acids is 1. The van der Waals surface area contributed by atoms with E-state index in [2.05, 4.69) is 10.3 Å². The highest BCUT2D eigenvalue weighted by molar-refractivity contribution is 5.70. The third kappa shape index (κ3) is 5.57. The molecule has 1 amide bonds. The molecular weight excluding hydrogens is 412 g/mol. The van der Waals surface area contributed by atoms with Crippen molar-refractivity contribution in [1.82, 2.24) is 19.9 Å². The van der Waals surface area contributed by atoms with Crippen LogP contribution in [0.2, 0.25) is 0 Å². The molecule has 9 heteroatoms. The lowest BCUT2D eigenvalue weighted by Crippen LogP contribution is -2.29. The lowest BCUT2D eigenvalue weighted by Gasteiger charge is -2.28. The number of benzene rings is 1. The first-order chi connectivity index (χ1) is 15.3. The van der Waals surface area contributed by atoms with Gasteiger partial charge in [0.2, 0.25) is 0 Å². The van der Waals surface area contributed by atoms with Gasteiger partial charge in [0.25, 0.3) is 0 Å². The Hall–Kier alpha value is -3.10. The maximum absolute atomic E-state index is 12.1. The molecule has 0 bridgehead atoms. The standard InChI is InChI=1S/C23H32N4O5/c1-5-11-26(3)23(30)31-14-19-21(24-25-27(19)4)16-9-10-20(15(2)12-16)32-18-8-6-7-17(13-18)22(28)29/h9-10,12,17-18H,5-8,11,13-14H2,1-4H3,(H,28,29)/t17-,18-/m0/s1. The van der Waals surface area contributed by atoms with Crippen LogP contribution in [0.3, 0.4) is 0 Å². The number of hydrogen-bond acceptors (Lipinski definition) is 6. The molecule has 1 heterocycles. The molecule has 0 saturated heterocycles. The predicted molar refractivity (Wildman–Crippen MR) is 118 cm³/mol. The van der Waals surface area contributed by atoms with E-state index in [0.29, 0.717) is 30.8 Å². The summed E-state index contributed by atoms with van der Waals surface area (Å²) >= 11 is 0. The number of ether oxygens (including phenoxy) is 2. The molecule has 1 aromatic heterocycles. The summed E-state index contributed by atoms with van der Waals surface area (Å²) in [5.74, 6) is -0.348. The number of aryl methyl sites for hydroxylation is 2. The normalized spacial score (nSPS) is 18.2. The lowest BCUT2D eigenvalue weighted by molar-refractivity contribution is -0.143. The fourth-order valence-corrected chi connectivity index (χ4v) is 4.01. The molecule has 174 valence electrons. The maximum atomic E-state index is 12.1. The second-order valence-electron chi connectivity index (χ2n) is 8.41. The van der Waals surface area contributed by atoms with Gasteiger partial charge in [-0.25, -0.2) is 9.48 Å². The van der Waals surface area contributed by atoms with Gasteiger partial charge in [-0.05, 0) is 62.8 Å². The van der Waals surface area contributed by atoms with Crippen LogP contribution in [0.25, 0.3) is 11.3 Å². The fraction of sp³-hybridized carbons (Fsp3) is 0.565. The molecule has 0 spiro atoms. The first-order valence-electron chi connectivity index (χ1n) is 11.1. The Morgan fingerprint density at radius 3 is 2.78 bits per heavy atom. The van der Waals surface area contributed by atoms with Crippen LogP contribution >= 0.6 is 0 Å². The van der Waals surface area contributed by atoms with Crippen molar-refractivity contribution in [2.24, 2.45) is 13.0 Å². The molecule has 1 saturated carbocycles. The van der Waals surface area contributed by atoms with Gasteiger partial charge in [0, 0.05) is 26.2 Å². The fourth-order valence-electron chi connectivity index (χ4n) is 4.01. The molecule has 3 rings (SSSR count). The van der Waals surface area contributed by atoms with Crippen LogP contribution in [0.4, 0.5) is 4.79 Å². The van der Waals surface area contributed by atoms with Crippen molar-refractivity contribution in [3.05, 3.63) is 29.5 Å². The average Bonchev–Trinajstić information content (AvgIpc) is 3.14. The quantitative estimate of drug-likeness (QED) is 0.660. The van der Waals surface area contributed by atoms with Crippen molar-refractivity contribution < 1.29 is 24.2 Å². The first-order valence-corrected chi connectivity index (χ1v) is 11.1. The van der Waals surface area contributed by atoms with E-state index < -0.39 is 5.97 Å². The van der Waals surface area contributed by atoms with Gasteiger partial charge in [0.15, 0.2) is 0 Å². The third-order valence-electron chi connectivity index (χ3n) is 5.86. The van der Waals surface area contributed by atoms with Crippen LogP contribution in [0.5, 0.6) is 5.75 Å². The van der Waals surface area contributed by atoms with Crippen LogP contribution in [0.1, 0.15) is 50.3 Å². The van der Waals surface area contributed by atoms with Crippen LogP contribution < -0.4 is 4.74 Å². The zero-order valence-electron chi connectivity index (χ0n) is 19.2. The maximum Gasteiger partial charge on any atom is 0.409 e. The van der Waals surface area contributed by atoms with Crippen molar-refractivity contribution in [2.45, 2.75) is 58.7 Å². The summed E-state index contributed by atoms with van der Waals surface area (Å²) in [5, 5.41) is 17.7. The molecule has 2 aromatic rings. The van der Waals surface area contributed by atoms with Gasteiger partial charge in [0.1, 0.15) is 23.7 Å². The van der Waals surface area contributed by atoms with E-state index in [0.717, 1.165) is 36.1 Å². The number of amides is 1. The minimum Gasteiger partial charge on any atom is -0.490 e. The highest BCUT2D eigenvalue weighted by Crippen LogP contribution is 2.32. The molecule has 0 unspecified atom stereocenters. The van der Waals surface area contributed by atoms with E-state index in [4.69, 9.17) is 9.47 Å². The molecule has 2 atom stereocenters. The highest BCUT2D eigenvalue weighted by Gasteiger charge is 2.28. The van der Waals surface area contributed by atoms with Crippen LogP contribution in [-0.2, 0) is 23.2 Å². The van der Waals surface area contributed by atoms with E-state index in [1.807, 2.05) is 32.0 Å². The van der Waals surface area contributed by atoms with E-state index >= 15 is 0 Å². The van der Waals surface area contributed by atoms with Gasteiger partial charge in [0.05, 0.1) is 12.0 Å². The number of hydrogen-bond donors (Lipinski definition) is 1. The second-order valence-corrected chi connectivity index (χ2v) is 8.41. The second kappa shape index (κ2) is 10.5. The molecule has 1 N–H and O–H groups in total. The third-order valence-corrected chi connectivity index (χ3v) is 5.86. The van der Waals surface area contributed by atoms with Crippen molar-refractivity contribution in [1.29, 1.82) is 0 Å². The van der Waals surface area contributed by atoms with Crippen molar-refractivity contribution in [3.8, 4) is 17.0 Å². The van der Waals surface area contributed by atoms with Gasteiger partial charge in [-0.3, -0.25) is 4.79 Å².